The van der Waals surface area contributed by atoms with Crippen molar-refractivity contribution >= 4 is 23.3 Å². The van der Waals surface area contributed by atoms with E-state index in [4.69, 9.17) is 4.74 Å². The highest BCUT2D eigenvalue weighted by Crippen LogP contribution is 2.21. The second kappa shape index (κ2) is 11.6. The average Bonchev–Trinajstić information content (AvgIpc) is 3.24. The van der Waals surface area contributed by atoms with Gasteiger partial charge in [0.2, 0.25) is 0 Å². The number of urea groups is 1. The summed E-state index contributed by atoms with van der Waals surface area (Å²) in [6.07, 6.45) is 5.28. The Morgan fingerprint density at radius 1 is 1.16 bits per heavy atom. The molecule has 0 saturated heterocycles. The maximum atomic E-state index is 13.6. The van der Waals surface area contributed by atoms with Gasteiger partial charge >= 0.3 is 6.03 Å². The minimum absolute atomic E-state index is 0.0634. The van der Waals surface area contributed by atoms with Gasteiger partial charge in [0.25, 0.3) is 5.91 Å². The first kappa shape index (κ1) is 23.0. The Morgan fingerprint density at radius 2 is 1.87 bits per heavy atom. The van der Waals surface area contributed by atoms with E-state index in [1.807, 2.05) is 0 Å². The molecule has 1 heterocycles. The minimum Gasteiger partial charge on any atom is -0.483 e. The molecular weight excluding hydrogens is 419 g/mol. The second-order valence-electron chi connectivity index (χ2n) is 7.62. The number of hydrogen-bond donors (Lipinski definition) is 3. The summed E-state index contributed by atoms with van der Waals surface area (Å²) in [5.41, 5.74) is 0.340. The Labute approximate surface area is 185 Å². The molecule has 1 aliphatic rings. The van der Waals surface area contributed by atoms with E-state index in [9.17, 15) is 14.0 Å². The second-order valence-corrected chi connectivity index (χ2v) is 8.56. The molecule has 0 unspecified atom stereocenters. The lowest BCUT2D eigenvalue weighted by Gasteiger charge is -2.29. The molecule has 1 saturated carbocycles. The summed E-state index contributed by atoms with van der Waals surface area (Å²) in [5, 5.41) is 11.2. The topological polar surface area (TPSA) is 92.4 Å². The zero-order valence-corrected chi connectivity index (χ0v) is 18.5. The van der Waals surface area contributed by atoms with Crippen LogP contribution in [0.15, 0.2) is 29.6 Å². The molecular formula is C22H29FN4O3S. The van der Waals surface area contributed by atoms with Gasteiger partial charge in [-0.25, -0.2) is 14.2 Å². The van der Waals surface area contributed by atoms with Crippen LogP contribution in [0.1, 0.15) is 60.9 Å². The lowest BCUT2D eigenvalue weighted by Crippen LogP contribution is -2.47. The van der Waals surface area contributed by atoms with Gasteiger partial charge in [-0.2, -0.15) is 0 Å². The average molecular weight is 449 g/mol. The Kier molecular flexibility index (Phi) is 8.63. The normalized spacial score (nSPS) is 18.3. The monoisotopic (exact) mass is 448 g/mol. The number of thiazole rings is 1. The molecule has 7 nitrogen and oxygen atoms in total. The van der Waals surface area contributed by atoms with Crippen LogP contribution in [0, 0.1) is 5.82 Å². The van der Waals surface area contributed by atoms with Crippen LogP contribution < -0.4 is 20.7 Å². The van der Waals surface area contributed by atoms with Crippen molar-refractivity contribution in [3.8, 4) is 5.75 Å². The summed E-state index contributed by atoms with van der Waals surface area (Å²) >= 11 is 1.31. The molecule has 9 heteroatoms. The van der Waals surface area contributed by atoms with Gasteiger partial charge in [-0.15, -0.1) is 11.3 Å². The summed E-state index contributed by atoms with van der Waals surface area (Å²) in [6, 6.07) is 6.26. The summed E-state index contributed by atoms with van der Waals surface area (Å²) in [5.74, 6) is -0.490. The summed E-state index contributed by atoms with van der Waals surface area (Å²) in [4.78, 5) is 28.7. The van der Waals surface area contributed by atoms with Crippen LogP contribution in [-0.4, -0.2) is 35.6 Å². The van der Waals surface area contributed by atoms with Crippen molar-refractivity contribution in [1.29, 1.82) is 0 Å². The molecule has 0 spiro atoms. The van der Waals surface area contributed by atoms with Gasteiger partial charge in [0.05, 0.1) is 0 Å². The summed E-state index contributed by atoms with van der Waals surface area (Å²) in [7, 11) is 0. The van der Waals surface area contributed by atoms with Crippen molar-refractivity contribution in [1.82, 2.24) is 20.9 Å². The lowest BCUT2D eigenvalue weighted by molar-refractivity contribution is 0.0919. The highest BCUT2D eigenvalue weighted by atomic mass is 32.1. The Balaban J connectivity index is 1.39. The van der Waals surface area contributed by atoms with E-state index >= 15 is 0 Å². The first-order chi connectivity index (χ1) is 15.0. The van der Waals surface area contributed by atoms with Crippen molar-refractivity contribution < 1.29 is 18.7 Å². The standard InChI is InChI=1S/C22H29FN4O3S/c1-2-3-12-24-22(29)26-16-10-8-15(9-11-16)25-21(28)18-14-31-20(27-18)13-30-19-7-5-4-6-17(19)23/h4-7,14-16H,2-3,8-13H2,1H3,(H,25,28)(H2,24,26,29). The van der Waals surface area contributed by atoms with Gasteiger partial charge in [-0.3, -0.25) is 4.79 Å². The van der Waals surface area contributed by atoms with Gasteiger partial charge in [0.15, 0.2) is 11.6 Å². The first-order valence-corrected chi connectivity index (χ1v) is 11.6. The third kappa shape index (κ3) is 7.20. The minimum atomic E-state index is -0.430. The molecule has 0 bridgehead atoms. The molecule has 1 aromatic carbocycles. The van der Waals surface area contributed by atoms with Crippen LogP contribution in [0.4, 0.5) is 9.18 Å². The number of benzene rings is 1. The number of nitrogens with zero attached hydrogens (tertiary/aromatic N) is 1. The maximum absolute atomic E-state index is 13.6. The fourth-order valence-electron chi connectivity index (χ4n) is 3.44. The number of aromatic nitrogens is 1. The van der Waals surface area contributed by atoms with E-state index in [1.54, 1.807) is 23.6 Å². The summed E-state index contributed by atoms with van der Waals surface area (Å²) in [6.45, 7) is 2.88. The Morgan fingerprint density at radius 3 is 2.58 bits per heavy atom. The lowest BCUT2D eigenvalue weighted by atomic mass is 9.91. The van der Waals surface area contributed by atoms with E-state index in [1.165, 1.54) is 17.4 Å². The Bertz CT molecular complexity index is 868. The predicted molar refractivity (Wildman–Crippen MR) is 118 cm³/mol. The molecule has 0 radical (unpaired) electrons. The SMILES string of the molecule is CCCCNC(=O)NC1CCC(NC(=O)c2csc(COc3ccccc3F)n2)CC1. The third-order valence-corrected chi connectivity index (χ3v) is 6.01. The molecule has 3 rings (SSSR count). The van der Waals surface area contributed by atoms with Gasteiger partial charge in [0.1, 0.15) is 17.3 Å². The molecule has 168 valence electrons. The van der Waals surface area contributed by atoms with E-state index < -0.39 is 5.82 Å². The number of carbonyl (C=O) groups is 2. The fraction of sp³-hybridized carbons (Fsp3) is 0.500. The molecule has 31 heavy (non-hydrogen) atoms. The molecule has 1 fully saturated rings. The highest BCUT2D eigenvalue weighted by molar-refractivity contribution is 7.09. The largest absolute Gasteiger partial charge is 0.483 e. The number of para-hydroxylation sites is 1. The van der Waals surface area contributed by atoms with Crippen LogP contribution in [0.3, 0.4) is 0 Å². The number of unbranched alkanes of at least 4 members (excludes halogenated alkanes) is 1. The van der Waals surface area contributed by atoms with Crippen LogP contribution in [-0.2, 0) is 6.61 Å². The van der Waals surface area contributed by atoms with Gasteiger partial charge in [-0.1, -0.05) is 25.5 Å². The first-order valence-electron chi connectivity index (χ1n) is 10.7. The number of halogens is 1. The van der Waals surface area contributed by atoms with Crippen LogP contribution in [0.5, 0.6) is 5.75 Å². The van der Waals surface area contributed by atoms with Crippen molar-refractivity contribution in [2.75, 3.05) is 6.54 Å². The van der Waals surface area contributed by atoms with Crippen molar-refractivity contribution in [3.05, 3.63) is 46.2 Å². The van der Waals surface area contributed by atoms with Crippen LogP contribution in [0.25, 0.3) is 0 Å². The summed E-state index contributed by atoms with van der Waals surface area (Å²) < 4.78 is 19.1. The fourth-order valence-corrected chi connectivity index (χ4v) is 4.12. The number of hydrogen-bond acceptors (Lipinski definition) is 5. The molecule has 0 aliphatic heterocycles. The number of rotatable bonds is 9. The third-order valence-electron chi connectivity index (χ3n) is 5.19. The molecule has 1 aliphatic carbocycles. The Hall–Kier alpha value is -2.68. The van der Waals surface area contributed by atoms with Crippen molar-refractivity contribution in [3.63, 3.8) is 0 Å². The van der Waals surface area contributed by atoms with Gasteiger partial charge in [-0.05, 0) is 44.2 Å². The van der Waals surface area contributed by atoms with E-state index in [0.717, 1.165) is 38.5 Å². The predicted octanol–water partition coefficient (Wildman–Crippen LogP) is 4.00. The van der Waals surface area contributed by atoms with E-state index in [2.05, 4.69) is 27.9 Å². The molecule has 2 aromatic rings. The molecule has 0 atom stereocenters. The maximum Gasteiger partial charge on any atom is 0.315 e. The van der Waals surface area contributed by atoms with Gasteiger partial charge in [0, 0.05) is 24.0 Å². The number of ether oxygens (including phenoxy) is 1. The molecule has 1 aromatic heterocycles. The van der Waals surface area contributed by atoms with Crippen LogP contribution in [0.2, 0.25) is 0 Å². The quantitative estimate of drug-likeness (QED) is 0.506. The molecule has 3 amide bonds. The highest BCUT2D eigenvalue weighted by Gasteiger charge is 2.24. The van der Waals surface area contributed by atoms with E-state index in [-0.39, 0.29) is 36.4 Å². The smallest absolute Gasteiger partial charge is 0.315 e. The van der Waals surface area contributed by atoms with Crippen molar-refractivity contribution in [2.24, 2.45) is 0 Å². The van der Waals surface area contributed by atoms with Crippen molar-refractivity contribution in [2.45, 2.75) is 64.1 Å². The van der Waals surface area contributed by atoms with Crippen LogP contribution >= 0.6 is 11.3 Å². The zero-order chi connectivity index (χ0) is 22.1. The number of nitrogens with one attached hydrogen (secondary N) is 3. The molecule has 3 N–H and O–H groups in total. The van der Waals surface area contributed by atoms with E-state index in [0.29, 0.717) is 17.2 Å². The zero-order valence-electron chi connectivity index (χ0n) is 17.7. The number of amides is 3. The van der Waals surface area contributed by atoms with Gasteiger partial charge < -0.3 is 20.7 Å². The number of carbonyl (C=O) groups excluding carboxylic acids is 2.